The molecule has 0 amide bonds. The molecule has 78 valence electrons. The van der Waals surface area contributed by atoms with Crippen LogP contribution in [-0.4, -0.2) is 11.0 Å². The maximum atomic E-state index is 5.99. The van der Waals surface area contributed by atoms with Gasteiger partial charge in [-0.15, -0.1) is 0 Å². The maximum Gasteiger partial charge on any atom is 0.0456 e. The van der Waals surface area contributed by atoms with E-state index >= 15 is 0 Å². The zero-order valence-electron chi connectivity index (χ0n) is 8.96. The average Bonchev–Trinajstić information content (AvgIpc) is 2.62. The maximum absolute atomic E-state index is 5.99. The summed E-state index contributed by atoms with van der Waals surface area (Å²) in [4.78, 5) is 3.25. The van der Waals surface area contributed by atoms with Crippen LogP contribution >= 0.6 is 0 Å². The zero-order chi connectivity index (χ0) is 10.8. The lowest BCUT2D eigenvalue weighted by Gasteiger charge is -2.09. The van der Waals surface area contributed by atoms with E-state index in [1.165, 1.54) is 16.5 Å². The Morgan fingerprint density at radius 1 is 1.47 bits per heavy atom. The van der Waals surface area contributed by atoms with Crippen molar-refractivity contribution in [3.8, 4) is 0 Å². The zero-order valence-corrected chi connectivity index (χ0v) is 8.96. The molecular formula is C13H16N2. The number of benzene rings is 1. The van der Waals surface area contributed by atoms with Crippen molar-refractivity contribution < 1.29 is 0 Å². The summed E-state index contributed by atoms with van der Waals surface area (Å²) in [6.07, 6.45) is 2.88. The Kier molecular flexibility index (Phi) is 2.60. The minimum absolute atomic E-state index is 0.0456. The van der Waals surface area contributed by atoms with E-state index in [0.717, 1.165) is 12.0 Å². The first-order valence-corrected chi connectivity index (χ1v) is 5.14. The molecule has 1 atom stereocenters. The molecule has 15 heavy (non-hydrogen) atoms. The minimum atomic E-state index is 0.0456. The summed E-state index contributed by atoms with van der Waals surface area (Å²) in [5.74, 6) is 0. The normalized spacial score (nSPS) is 12.9. The van der Waals surface area contributed by atoms with E-state index < -0.39 is 0 Å². The molecule has 0 saturated carbocycles. The second-order valence-corrected chi connectivity index (χ2v) is 4.02. The number of rotatable bonds is 3. The van der Waals surface area contributed by atoms with E-state index in [1.807, 2.05) is 25.3 Å². The first kappa shape index (κ1) is 9.99. The molecule has 0 fully saturated rings. The second kappa shape index (κ2) is 3.91. The molecule has 0 bridgehead atoms. The fourth-order valence-corrected chi connectivity index (χ4v) is 1.71. The largest absolute Gasteiger partial charge is 0.361 e. The summed E-state index contributed by atoms with van der Waals surface area (Å²) >= 11 is 0. The third-order valence-corrected chi connectivity index (χ3v) is 2.75. The van der Waals surface area contributed by atoms with Gasteiger partial charge in [0.2, 0.25) is 0 Å². The minimum Gasteiger partial charge on any atom is -0.361 e. The van der Waals surface area contributed by atoms with Gasteiger partial charge in [-0.1, -0.05) is 30.4 Å². The van der Waals surface area contributed by atoms with Gasteiger partial charge in [0.15, 0.2) is 0 Å². The highest BCUT2D eigenvalue weighted by atomic mass is 14.7. The van der Waals surface area contributed by atoms with Crippen molar-refractivity contribution in [3.63, 3.8) is 0 Å². The van der Waals surface area contributed by atoms with Crippen LogP contribution in [0.4, 0.5) is 0 Å². The van der Waals surface area contributed by atoms with Crippen molar-refractivity contribution in [1.82, 2.24) is 4.98 Å². The van der Waals surface area contributed by atoms with E-state index in [2.05, 4.69) is 23.7 Å². The molecule has 1 aromatic carbocycles. The number of H-pyrrole nitrogens is 1. The molecule has 0 spiro atoms. The summed E-state index contributed by atoms with van der Waals surface area (Å²) in [6.45, 7) is 5.85. The van der Waals surface area contributed by atoms with Crippen LogP contribution in [0.3, 0.4) is 0 Å². The molecule has 0 radical (unpaired) electrons. The number of hydrogen-bond donors (Lipinski definition) is 2. The first-order chi connectivity index (χ1) is 7.18. The number of nitrogens with one attached hydrogen (secondary N) is 1. The number of aromatic nitrogens is 1. The van der Waals surface area contributed by atoms with Crippen LogP contribution in [0, 0.1) is 0 Å². The van der Waals surface area contributed by atoms with Gasteiger partial charge in [-0.25, -0.2) is 0 Å². The highest BCUT2D eigenvalue weighted by Gasteiger charge is 2.08. The molecule has 3 N–H and O–H groups in total. The molecular weight excluding hydrogens is 184 g/mol. The van der Waals surface area contributed by atoms with Gasteiger partial charge < -0.3 is 10.7 Å². The number of nitrogens with two attached hydrogens (primary N) is 1. The Labute approximate surface area is 89.8 Å². The predicted molar refractivity (Wildman–Crippen MR) is 64.8 cm³/mol. The van der Waals surface area contributed by atoms with Crippen LogP contribution in [0.5, 0.6) is 0 Å². The molecule has 2 nitrogen and oxygen atoms in total. The summed E-state index contributed by atoms with van der Waals surface area (Å²) in [6, 6.07) is 8.31. The molecule has 0 unspecified atom stereocenters. The van der Waals surface area contributed by atoms with Crippen molar-refractivity contribution in [3.05, 3.63) is 48.2 Å². The quantitative estimate of drug-likeness (QED) is 0.735. The average molecular weight is 200 g/mol. The molecule has 0 aliphatic rings. The van der Waals surface area contributed by atoms with Crippen LogP contribution in [0.1, 0.15) is 12.5 Å². The summed E-state index contributed by atoms with van der Waals surface area (Å²) in [5, 5.41) is 1.26. The van der Waals surface area contributed by atoms with Crippen molar-refractivity contribution in [2.45, 2.75) is 19.4 Å². The van der Waals surface area contributed by atoms with Crippen LogP contribution in [0.2, 0.25) is 0 Å². The first-order valence-electron chi connectivity index (χ1n) is 5.14. The van der Waals surface area contributed by atoms with Crippen LogP contribution in [-0.2, 0) is 6.42 Å². The van der Waals surface area contributed by atoms with Gasteiger partial charge >= 0.3 is 0 Å². The number of para-hydroxylation sites is 1. The SMILES string of the molecule is C=C(C)[C@@H](N)Cc1c[nH]c2ccccc12. The summed E-state index contributed by atoms with van der Waals surface area (Å²) < 4.78 is 0. The van der Waals surface area contributed by atoms with E-state index in [4.69, 9.17) is 5.73 Å². The summed E-state index contributed by atoms with van der Waals surface area (Å²) in [7, 11) is 0. The molecule has 2 rings (SSSR count). The Morgan fingerprint density at radius 3 is 2.93 bits per heavy atom. The molecule has 2 heteroatoms. The highest BCUT2D eigenvalue weighted by molar-refractivity contribution is 5.83. The smallest absolute Gasteiger partial charge is 0.0456 e. The van der Waals surface area contributed by atoms with Gasteiger partial charge in [-0.05, 0) is 25.0 Å². The monoisotopic (exact) mass is 200 g/mol. The van der Waals surface area contributed by atoms with Gasteiger partial charge in [0.25, 0.3) is 0 Å². The topological polar surface area (TPSA) is 41.8 Å². The third-order valence-electron chi connectivity index (χ3n) is 2.75. The van der Waals surface area contributed by atoms with Crippen molar-refractivity contribution in [2.75, 3.05) is 0 Å². The lowest BCUT2D eigenvalue weighted by molar-refractivity contribution is 0.770. The van der Waals surface area contributed by atoms with E-state index in [9.17, 15) is 0 Å². The fourth-order valence-electron chi connectivity index (χ4n) is 1.71. The highest BCUT2D eigenvalue weighted by Crippen LogP contribution is 2.19. The van der Waals surface area contributed by atoms with Crippen LogP contribution in [0.15, 0.2) is 42.6 Å². The molecule has 0 aliphatic carbocycles. The molecule has 0 saturated heterocycles. The van der Waals surface area contributed by atoms with Gasteiger partial charge in [0, 0.05) is 23.1 Å². The predicted octanol–water partition coefficient (Wildman–Crippen LogP) is 2.61. The second-order valence-electron chi connectivity index (χ2n) is 4.02. The Morgan fingerprint density at radius 2 is 2.20 bits per heavy atom. The van der Waals surface area contributed by atoms with Crippen molar-refractivity contribution in [2.24, 2.45) is 5.73 Å². The lowest BCUT2D eigenvalue weighted by atomic mass is 10.0. The Bertz CT molecular complexity index is 482. The number of fused-ring (bicyclic) bond motifs is 1. The Hall–Kier alpha value is -1.54. The van der Waals surface area contributed by atoms with Gasteiger partial charge in [0.1, 0.15) is 0 Å². The summed E-state index contributed by atoms with van der Waals surface area (Å²) in [5.41, 5.74) is 9.45. The number of aromatic amines is 1. The van der Waals surface area contributed by atoms with Crippen molar-refractivity contribution in [1.29, 1.82) is 0 Å². The van der Waals surface area contributed by atoms with Gasteiger partial charge in [0.05, 0.1) is 0 Å². The van der Waals surface area contributed by atoms with E-state index in [-0.39, 0.29) is 6.04 Å². The lowest BCUT2D eigenvalue weighted by Crippen LogP contribution is -2.23. The fraction of sp³-hybridized carbons (Fsp3) is 0.231. The van der Waals surface area contributed by atoms with E-state index in [1.54, 1.807) is 0 Å². The van der Waals surface area contributed by atoms with Gasteiger partial charge in [-0.2, -0.15) is 0 Å². The van der Waals surface area contributed by atoms with Crippen LogP contribution in [0.25, 0.3) is 10.9 Å². The molecule has 1 heterocycles. The molecule has 2 aromatic rings. The van der Waals surface area contributed by atoms with Gasteiger partial charge in [-0.3, -0.25) is 0 Å². The third kappa shape index (κ3) is 1.95. The van der Waals surface area contributed by atoms with E-state index in [0.29, 0.717) is 0 Å². The van der Waals surface area contributed by atoms with Crippen molar-refractivity contribution >= 4 is 10.9 Å². The van der Waals surface area contributed by atoms with Crippen LogP contribution < -0.4 is 5.73 Å². The standard InChI is InChI=1S/C13H16N2/c1-9(2)12(14)7-10-8-15-13-6-4-3-5-11(10)13/h3-6,8,12,15H,1,7,14H2,2H3/t12-/m0/s1. The Balaban J connectivity index is 2.32. The molecule has 1 aromatic heterocycles. The molecule has 0 aliphatic heterocycles. The number of hydrogen-bond acceptors (Lipinski definition) is 1.